The van der Waals surface area contributed by atoms with Gasteiger partial charge in [0.15, 0.2) is 0 Å². The molecule has 0 rings (SSSR count). The van der Waals surface area contributed by atoms with E-state index in [1.807, 2.05) is 0 Å². The lowest BCUT2D eigenvalue weighted by Gasteiger charge is -2.15. The van der Waals surface area contributed by atoms with Gasteiger partial charge in [0.2, 0.25) is 23.6 Å². The summed E-state index contributed by atoms with van der Waals surface area (Å²) in [6, 6.07) is 0. The number of rotatable bonds is 26. The fourth-order valence-corrected chi connectivity index (χ4v) is 4.19. The second kappa shape index (κ2) is 25.1. The molecule has 0 aliphatic rings. The highest BCUT2D eigenvalue weighted by atomic mass is 31.0. The molecular weight excluding hydrogens is 567 g/mol. The van der Waals surface area contributed by atoms with Crippen molar-refractivity contribution in [2.45, 2.75) is 116 Å². The van der Waals surface area contributed by atoms with E-state index in [-0.39, 0.29) is 62.5 Å². The average molecular weight is 619 g/mol. The summed E-state index contributed by atoms with van der Waals surface area (Å²) in [6.45, 7) is 2.24. The summed E-state index contributed by atoms with van der Waals surface area (Å²) >= 11 is 0. The van der Waals surface area contributed by atoms with Gasteiger partial charge in [-0.1, -0.05) is 34.9 Å². The minimum atomic E-state index is -0.516. The number of nitrogens with zero attached hydrogens (tertiary/aromatic N) is 3. The van der Waals surface area contributed by atoms with Gasteiger partial charge in [0.05, 0.1) is 0 Å². The maximum atomic E-state index is 12.0. The van der Waals surface area contributed by atoms with Crippen LogP contribution in [0.2, 0.25) is 0 Å². The van der Waals surface area contributed by atoms with E-state index >= 15 is 0 Å². The third-order valence-electron chi connectivity index (χ3n) is 6.61. The minimum Gasteiger partial charge on any atom is -0.356 e. The average Bonchev–Trinajstić information content (AvgIpc) is 2.94. The first-order chi connectivity index (χ1) is 19.9. The van der Waals surface area contributed by atoms with Crippen molar-refractivity contribution in [1.82, 2.24) is 20.5 Å². The number of Topliss-reactive ketones (excluding diaryl/α,β-unsaturated/α-hetero) is 1. The van der Waals surface area contributed by atoms with Crippen LogP contribution in [0, 0.1) is 0 Å². The van der Waals surface area contributed by atoms with E-state index in [4.69, 9.17) is 0 Å². The highest BCUT2D eigenvalue weighted by Crippen LogP contribution is 2.09. The number of hydrogen-bond acceptors (Lipinski definition) is 9. The van der Waals surface area contributed by atoms with Gasteiger partial charge in [-0.05, 0) is 44.9 Å². The summed E-state index contributed by atoms with van der Waals surface area (Å²) in [5, 5.41) is 33.6. The summed E-state index contributed by atoms with van der Waals surface area (Å²) < 4.78 is 0. The summed E-state index contributed by atoms with van der Waals surface area (Å²) in [5.74, 6) is -1.79. The van der Waals surface area contributed by atoms with Crippen molar-refractivity contribution in [2.75, 3.05) is 26.2 Å². The summed E-state index contributed by atoms with van der Waals surface area (Å²) in [4.78, 5) is 69.7. The highest BCUT2D eigenvalue weighted by molar-refractivity contribution is 7.40. The fraction of sp³-hybridized carbons (Fsp3) is 0.786. The number of ketones is 1. The molecule has 0 aliphatic heterocycles. The lowest BCUT2D eigenvalue weighted by atomic mass is 10.1. The predicted octanol–water partition coefficient (Wildman–Crippen LogP) is 3.38. The Hall–Kier alpha value is -2.47. The molecule has 0 heterocycles. The van der Waals surface area contributed by atoms with Crippen molar-refractivity contribution in [3.05, 3.63) is 0 Å². The van der Waals surface area contributed by atoms with Gasteiger partial charge in [0.1, 0.15) is 11.3 Å². The van der Waals surface area contributed by atoms with Crippen LogP contribution in [0.3, 0.4) is 0 Å². The molecule has 0 aromatic heterocycles. The first-order valence-electron chi connectivity index (χ1n) is 15.0. The smallest absolute Gasteiger partial charge is 0.246 e. The lowest BCUT2D eigenvalue weighted by Crippen LogP contribution is -2.31. The largest absolute Gasteiger partial charge is 0.356 e. The van der Waals surface area contributed by atoms with Crippen LogP contribution in [0.1, 0.15) is 116 Å². The van der Waals surface area contributed by atoms with Gasteiger partial charge < -0.3 is 5.32 Å². The van der Waals surface area contributed by atoms with Crippen LogP contribution in [0.15, 0.2) is 0 Å². The van der Waals surface area contributed by atoms with E-state index < -0.39 is 17.7 Å². The van der Waals surface area contributed by atoms with Crippen molar-refractivity contribution in [1.29, 1.82) is 0 Å². The van der Waals surface area contributed by atoms with Gasteiger partial charge in [-0.25, -0.2) is 15.2 Å². The van der Waals surface area contributed by atoms with E-state index in [0.717, 1.165) is 32.1 Å². The summed E-state index contributed by atoms with van der Waals surface area (Å²) in [7, 11) is 2.14. The Balaban J connectivity index is 3.76. The second-order valence-corrected chi connectivity index (χ2v) is 11.1. The number of carbonyl (C=O) groups is 6. The molecule has 1 atom stereocenters. The summed E-state index contributed by atoms with van der Waals surface area (Å²) in [5.41, 5.74) is 0.0685. The van der Waals surface area contributed by atoms with Crippen molar-refractivity contribution in [3.8, 4) is 0 Å². The standard InChI is InChI=1S/C28H51N4O9P/c1-23(33)30(39)20-10-4-2-7-13-24(34)15-17-26(36)31(40)22-12-6-9-19-29-25(35)16-18-27(37)32(41)21-11-5-3-8-14-28(38)42/h39-41H,2-22,42H2,1H3,(H,29,35). The molecule has 0 aromatic rings. The first kappa shape index (κ1) is 39.5. The number of unbranched alkanes of at least 4 members (excludes halogenated alkanes) is 8. The molecular formula is C28H51N4O9P. The normalized spacial score (nSPS) is 10.7. The van der Waals surface area contributed by atoms with Crippen LogP contribution in [0.4, 0.5) is 0 Å². The van der Waals surface area contributed by atoms with E-state index in [9.17, 15) is 44.4 Å². The van der Waals surface area contributed by atoms with Crippen LogP contribution in [0.25, 0.3) is 0 Å². The first-order valence-corrected chi connectivity index (χ1v) is 15.5. The maximum absolute atomic E-state index is 12.0. The van der Waals surface area contributed by atoms with Crippen molar-refractivity contribution >= 4 is 44.2 Å². The van der Waals surface area contributed by atoms with Crippen LogP contribution in [0.5, 0.6) is 0 Å². The Morgan fingerprint density at radius 3 is 1.52 bits per heavy atom. The Bertz CT molecular complexity index is 844. The van der Waals surface area contributed by atoms with E-state index in [1.54, 1.807) is 0 Å². The molecule has 0 saturated heterocycles. The summed E-state index contributed by atoms with van der Waals surface area (Å²) in [6.07, 6.45) is 8.42. The molecule has 0 fully saturated rings. The van der Waals surface area contributed by atoms with Gasteiger partial charge in [0, 0.05) is 71.6 Å². The van der Waals surface area contributed by atoms with Gasteiger partial charge in [-0.3, -0.25) is 44.4 Å². The molecule has 13 nitrogen and oxygen atoms in total. The Labute approximate surface area is 251 Å². The van der Waals surface area contributed by atoms with Crippen molar-refractivity contribution in [3.63, 3.8) is 0 Å². The fourth-order valence-electron chi connectivity index (χ4n) is 3.99. The minimum absolute atomic E-state index is 0.0343. The van der Waals surface area contributed by atoms with E-state index in [2.05, 4.69) is 14.6 Å². The van der Waals surface area contributed by atoms with Crippen molar-refractivity contribution in [2.24, 2.45) is 0 Å². The number of nitrogens with one attached hydrogen (secondary N) is 1. The van der Waals surface area contributed by atoms with E-state index in [0.29, 0.717) is 73.1 Å². The molecule has 4 N–H and O–H groups in total. The number of amides is 4. The quantitative estimate of drug-likeness (QED) is 0.0488. The molecule has 4 amide bonds. The molecule has 42 heavy (non-hydrogen) atoms. The number of hydrogen-bond donors (Lipinski definition) is 4. The Kier molecular flexibility index (Phi) is 23.6. The highest BCUT2D eigenvalue weighted by Gasteiger charge is 2.14. The van der Waals surface area contributed by atoms with Crippen LogP contribution < -0.4 is 5.32 Å². The molecule has 1 unspecified atom stereocenters. The zero-order valence-corrected chi connectivity index (χ0v) is 26.2. The molecule has 0 radical (unpaired) electrons. The zero-order valence-electron chi connectivity index (χ0n) is 25.1. The van der Waals surface area contributed by atoms with Crippen LogP contribution in [-0.4, -0.2) is 91.9 Å². The third kappa shape index (κ3) is 23.1. The molecule has 0 spiro atoms. The van der Waals surface area contributed by atoms with Gasteiger partial charge in [-0.15, -0.1) is 0 Å². The number of hydroxylamine groups is 6. The maximum Gasteiger partial charge on any atom is 0.246 e. The molecule has 0 aromatic carbocycles. The van der Waals surface area contributed by atoms with Gasteiger partial charge >= 0.3 is 0 Å². The lowest BCUT2D eigenvalue weighted by molar-refractivity contribution is -0.166. The predicted molar refractivity (Wildman–Crippen MR) is 157 cm³/mol. The van der Waals surface area contributed by atoms with E-state index in [1.165, 1.54) is 6.92 Å². The van der Waals surface area contributed by atoms with Gasteiger partial charge in [0.25, 0.3) is 0 Å². The van der Waals surface area contributed by atoms with Crippen molar-refractivity contribution < 1.29 is 44.4 Å². The molecule has 242 valence electrons. The Morgan fingerprint density at radius 1 is 0.548 bits per heavy atom. The molecule has 14 heteroatoms. The monoisotopic (exact) mass is 618 g/mol. The molecule has 0 saturated carbocycles. The SMILES string of the molecule is CC(=O)N(O)CCCCCCC(=O)CCC(=O)N(O)CCCCCNC(=O)CCC(=O)N(O)CCCCCCC(=O)P. The zero-order chi connectivity index (χ0) is 31.8. The molecule has 0 bridgehead atoms. The topological polar surface area (TPSA) is 185 Å². The van der Waals surface area contributed by atoms with Gasteiger partial charge in [-0.2, -0.15) is 0 Å². The number of carbonyl (C=O) groups excluding carboxylic acids is 6. The Morgan fingerprint density at radius 2 is 1.00 bits per heavy atom. The van der Waals surface area contributed by atoms with Crippen LogP contribution in [-0.2, 0) is 28.8 Å². The third-order valence-corrected chi connectivity index (χ3v) is 6.90. The second-order valence-electron chi connectivity index (χ2n) is 10.4. The van der Waals surface area contributed by atoms with Crippen LogP contribution >= 0.6 is 9.24 Å². The molecule has 0 aliphatic carbocycles.